The number of likely N-dealkylation sites (tertiary alicyclic amines) is 1. The number of carbonyl (C=O) groups is 1. The lowest BCUT2D eigenvalue weighted by Crippen LogP contribution is -2.56. The minimum Gasteiger partial charge on any atom is -0.377 e. The molecule has 2 aliphatic rings. The maximum Gasteiger partial charge on any atom is 0.248 e. The highest BCUT2D eigenvalue weighted by Gasteiger charge is 2.46. The van der Waals surface area contributed by atoms with Gasteiger partial charge in [0, 0.05) is 50.8 Å². The van der Waals surface area contributed by atoms with Gasteiger partial charge in [-0.15, -0.1) is 11.3 Å². The van der Waals surface area contributed by atoms with Gasteiger partial charge in [0.05, 0.1) is 19.3 Å². The molecule has 2 aliphatic heterocycles. The van der Waals surface area contributed by atoms with Gasteiger partial charge in [-0.1, -0.05) is 0 Å². The van der Waals surface area contributed by atoms with E-state index in [9.17, 15) is 4.79 Å². The van der Waals surface area contributed by atoms with E-state index in [0.29, 0.717) is 6.61 Å². The first kappa shape index (κ1) is 17.8. The molecule has 0 aromatic carbocycles. The molecular formula is C17H27N3O3S. The highest BCUT2D eigenvalue weighted by Crippen LogP contribution is 2.40. The van der Waals surface area contributed by atoms with Crippen LogP contribution in [0.25, 0.3) is 0 Å². The Morgan fingerprint density at radius 3 is 3.21 bits per heavy atom. The molecule has 1 aromatic rings. The maximum atomic E-state index is 11.8. The molecule has 0 spiro atoms. The monoisotopic (exact) mass is 353 g/mol. The van der Waals surface area contributed by atoms with E-state index in [2.05, 4.69) is 9.88 Å². The van der Waals surface area contributed by atoms with Crippen molar-refractivity contribution in [3.63, 3.8) is 0 Å². The Bertz CT molecular complexity index is 537. The Labute approximate surface area is 147 Å². The zero-order valence-corrected chi connectivity index (χ0v) is 15.4. The third kappa shape index (κ3) is 4.14. The van der Waals surface area contributed by atoms with Crippen molar-refractivity contribution < 1.29 is 14.3 Å². The van der Waals surface area contributed by atoms with Gasteiger partial charge >= 0.3 is 0 Å². The van der Waals surface area contributed by atoms with Crippen molar-refractivity contribution >= 4 is 17.2 Å². The van der Waals surface area contributed by atoms with Crippen molar-refractivity contribution in [1.82, 2.24) is 14.8 Å². The Morgan fingerprint density at radius 2 is 2.46 bits per heavy atom. The van der Waals surface area contributed by atoms with E-state index in [1.807, 2.05) is 11.6 Å². The molecule has 0 saturated carbocycles. The van der Waals surface area contributed by atoms with Crippen LogP contribution in [-0.2, 0) is 20.8 Å². The van der Waals surface area contributed by atoms with E-state index >= 15 is 0 Å². The Balaban J connectivity index is 1.62. The van der Waals surface area contributed by atoms with Crippen LogP contribution >= 0.6 is 11.3 Å². The molecule has 6 nitrogen and oxygen atoms in total. The zero-order valence-electron chi connectivity index (χ0n) is 14.6. The van der Waals surface area contributed by atoms with Gasteiger partial charge in [0.2, 0.25) is 5.91 Å². The van der Waals surface area contributed by atoms with Gasteiger partial charge in [-0.05, 0) is 19.3 Å². The quantitative estimate of drug-likeness (QED) is 0.778. The lowest BCUT2D eigenvalue weighted by molar-refractivity contribution is -0.160. The number of piperidine rings is 1. The fourth-order valence-electron chi connectivity index (χ4n) is 3.72. The van der Waals surface area contributed by atoms with E-state index in [0.717, 1.165) is 50.5 Å². The van der Waals surface area contributed by atoms with Gasteiger partial charge in [0.15, 0.2) is 0 Å². The second kappa shape index (κ2) is 7.91. The van der Waals surface area contributed by atoms with E-state index in [1.165, 1.54) is 0 Å². The average molecular weight is 353 g/mol. The first-order chi connectivity index (χ1) is 11.6. The summed E-state index contributed by atoms with van der Waals surface area (Å²) in [5.41, 5.74) is 0.000350. The SMILES string of the molecule is CN(C)C(=O)COCC12CCCOC1CCN(Cc1nccs1)C2. The molecule has 134 valence electrons. The molecule has 1 amide bonds. The molecule has 3 heterocycles. The topological polar surface area (TPSA) is 54.9 Å². The van der Waals surface area contributed by atoms with Gasteiger partial charge < -0.3 is 14.4 Å². The van der Waals surface area contributed by atoms with Crippen molar-refractivity contribution in [1.29, 1.82) is 0 Å². The Hall–Kier alpha value is -1.02. The van der Waals surface area contributed by atoms with Crippen molar-refractivity contribution in [2.24, 2.45) is 5.41 Å². The van der Waals surface area contributed by atoms with Crippen LogP contribution in [0, 0.1) is 5.41 Å². The lowest BCUT2D eigenvalue weighted by atomic mass is 9.73. The summed E-state index contributed by atoms with van der Waals surface area (Å²) in [6.45, 7) is 4.45. The maximum absolute atomic E-state index is 11.8. The second-order valence-corrected chi connectivity index (χ2v) is 8.01. The van der Waals surface area contributed by atoms with Crippen LogP contribution in [0.1, 0.15) is 24.3 Å². The Kier molecular flexibility index (Phi) is 5.86. The first-order valence-corrected chi connectivity index (χ1v) is 9.47. The van der Waals surface area contributed by atoms with Gasteiger partial charge in [-0.2, -0.15) is 0 Å². The van der Waals surface area contributed by atoms with Gasteiger partial charge in [0.1, 0.15) is 11.6 Å². The molecule has 0 radical (unpaired) electrons. The van der Waals surface area contributed by atoms with Crippen molar-refractivity contribution in [3.05, 3.63) is 16.6 Å². The summed E-state index contributed by atoms with van der Waals surface area (Å²) in [7, 11) is 3.51. The van der Waals surface area contributed by atoms with E-state index < -0.39 is 0 Å². The smallest absolute Gasteiger partial charge is 0.248 e. The number of fused-ring (bicyclic) bond motifs is 1. The molecule has 0 N–H and O–H groups in total. The van der Waals surface area contributed by atoms with Gasteiger partial charge in [-0.25, -0.2) is 4.98 Å². The summed E-state index contributed by atoms with van der Waals surface area (Å²) >= 11 is 1.70. The van der Waals surface area contributed by atoms with Crippen LogP contribution in [-0.4, -0.2) is 73.8 Å². The second-order valence-electron chi connectivity index (χ2n) is 7.03. The van der Waals surface area contributed by atoms with Crippen LogP contribution < -0.4 is 0 Å². The summed E-state index contributed by atoms with van der Waals surface area (Å²) in [6.07, 6.45) is 5.29. The number of likely N-dealkylation sites (N-methyl/N-ethyl adjacent to an activating group) is 1. The molecule has 24 heavy (non-hydrogen) atoms. The number of rotatable bonds is 6. The third-order valence-electron chi connectivity index (χ3n) is 5.02. The number of nitrogens with zero attached hydrogens (tertiary/aromatic N) is 3. The number of ether oxygens (including phenoxy) is 2. The summed E-state index contributed by atoms with van der Waals surface area (Å²) in [6, 6.07) is 0. The third-order valence-corrected chi connectivity index (χ3v) is 5.79. The summed E-state index contributed by atoms with van der Waals surface area (Å²) < 4.78 is 11.9. The molecule has 0 aliphatic carbocycles. The minimum absolute atomic E-state index is 0.000350. The average Bonchev–Trinajstić information content (AvgIpc) is 3.07. The predicted octanol–water partition coefficient (Wildman–Crippen LogP) is 1.62. The molecule has 2 saturated heterocycles. The van der Waals surface area contributed by atoms with Crippen LogP contribution in [0.3, 0.4) is 0 Å². The van der Waals surface area contributed by atoms with E-state index in [1.54, 1.807) is 30.3 Å². The normalized spacial score (nSPS) is 27.7. The first-order valence-electron chi connectivity index (χ1n) is 8.59. The molecule has 2 unspecified atom stereocenters. The van der Waals surface area contributed by atoms with Crippen molar-refractivity contribution in [2.75, 3.05) is 47.0 Å². The van der Waals surface area contributed by atoms with E-state index in [-0.39, 0.29) is 24.0 Å². The number of thiazole rings is 1. The van der Waals surface area contributed by atoms with Crippen LogP contribution in [0.2, 0.25) is 0 Å². The number of aromatic nitrogens is 1. The highest BCUT2D eigenvalue weighted by atomic mass is 32.1. The fraction of sp³-hybridized carbons (Fsp3) is 0.765. The number of amides is 1. The van der Waals surface area contributed by atoms with Crippen molar-refractivity contribution in [2.45, 2.75) is 31.9 Å². The number of hydrogen-bond acceptors (Lipinski definition) is 6. The molecule has 7 heteroatoms. The molecular weight excluding hydrogens is 326 g/mol. The number of carbonyl (C=O) groups excluding carboxylic acids is 1. The minimum atomic E-state index is 0.000350. The highest BCUT2D eigenvalue weighted by molar-refractivity contribution is 7.09. The summed E-state index contributed by atoms with van der Waals surface area (Å²) in [5, 5.41) is 3.18. The van der Waals surface area contributed by atoms with Crippen molar-refractivity contribution in [3.8, 4) is 0 Å². The lowest BCUT2D eigenvalue weighted by Gasteiger charge is -2.50. The van der Waals surface area contributed by atoms with Gasteiger partial charge in [0.25, 0.3) is 0 Å². The molecule has 2 fully saturated rings. The Morgan fingerprint density at radius 1 is 1.58 bits per heavy atom. The summed E-state index contributed by atoms with van der Waals surface area (Å²) in [5.74, 6) is 0.00938. The fourth-order valence-corrected chi connectivity index (χ4v) is 4.38. The van der Waals surface area contributed by atoms with E-state index in [4.69, 9.17) is 9.47 Å². The van der Waals surface area contributed by atoms with Crippen LogP contribution in [0.5, 0.6) is 0 Å². The molecule has 3 rings (SSSR count). The standard InChI is InChI=1S/C17H27N3O3S/c1-19(2)16(21)11-22-13-17-5-3-8-23-14(17)4-7-20(12-17)10-15-18-6-9-24-15/h6,9,14H,3-5,7-8,10-13H2,1-2H3. The molecule has 2 atom stereocenters. The molecule has 0 bridgehead atoms. The van der Waals surface area contributed by atoms with Crippen LogP contribution in [0.4, 0.5) is 0 Å². The zero-order chi connectivity index (χ0) is 17.0. The van der Waals surface area contributed by atoms with Gasteiger partial charge in [-0.3, -0.25) is 9.69 Å². The van der Waals surface area contributed by atoms with Crippen LogP contribution in [0.15, 0.2) is 11.6 Å². The summed E-state index contributed by atoms with van der Waals surface area (Å²) in [4.78, 5) is 20.2. The predicted molar refractivity (Wildman–Crippen MR) is 92.9 cm³/mol. The number of hydrogen-bond donors (Lipinski definition) is 0. The molecule has 1 aromatic heterocycles. The largest absolute Gasteiger partial charge is 0.377 e.